The quantitative estimate of drug-likeness (QED) is 0.886. The van der Waals surface area contributed by atoms with Gasteiger partial charge in [0.1, 0.15) is 0 Å². The van der Waals surface area contributed by atoms with Crippen LogP contribution in [0.5, 0.6) is 0 Å². The van der Waals surface area contributed by atoms with Gasteiger partial charge in [-0.05, 0) is 38.5 Å². The van der Waals surface area contributed by atoms with Crippen LogP contribution in [0.2, 0.25) is 0 Å². The normalized spacial score (nSPS) is 24.6. The molecule has 2 rings (SSSR count). The maximum absolute atomic E-state index is 4.48. The molecule has 1 aromatic rings. The van der Waals surface area contributed by atoms with Crippen molar-refractivity contribution in [3.05, 3.63) is 11.4 Å². The first kappa shape index (κ1) is 13.4. The SMILES string of the molecule is Cc1nn(C)c(C)c1NC1CCCC(C(C)C)C1. The molecule has 102 valence electrons. The maximum Gasteiger partial charge on any atom is 0.0827 e. The van der Waals surface area contributed by atoms with Crippen LogP contribution in [-0.4, -0.2) is 15.8 Å². The highest BCUT2D eigenvalue weighted by molar-refractivity contribution is 5.52. The number of hydrogen-bond donors (Lipinski definition) is 1. The second-order valence-corrected chi connectivity index (χ2v) is 6.18. The molecule has 0 amide bonds. The zero-order valence-electron chi connectivity index (χ0n) is 12.5. The summed E-state index contributed by atoms with van der Waals surface area (Å²) in [5, 5.41) is 8.22. The first-order chi connectivity index (χ1) is 8.49. The molecule has 0 saturated heterocycles. The predicted molar refractivity (Wildman–Crippen MR) is 76.9 cm³/mol. The second-order valence-electron chi connectivity index (χ2n) is 6.18. The maximum atomic E-state index is 4.48. The minimum atomic E-state index is 0.632. The molecule has 0 bridgehead atoms. The highest BCUT2D eigenvalue weighted by Gasteiger charge is 2.25. The first-order valence-electron chi connectivity index (χ1n) is 7.25. The molecule has 0 spiro atoms. The molecule has 3 nitrogen and oxygen atoms in total. The average molecular weight is 249 g/mol. The first-order valence-corrected chi connectivity index (χ1v) is 7.25. The molecule has 2 atom stereocenters. The van der Waals surface area contributed by atoms with Crippen molar-refractivity contribution in [3.63, 3.8) is 0 Å². The minimum absolute atomic E-state index is 0.632. The molecule has 0 radical (unpaired) electrons. The third kappa shape index (κ3) is 2.70. The van der Waals surface area contributed by atoms with E-state index in [0.29, 0.717) is 6.04 Å². The second kappa shape index (κ2) is 5.33. The fourth-order valence-corrected chi connectivity index (χ4v) is 3.15. The van der Waals surface area contributed by atoms with Crippen LogP contribution >= 0.6 is 0 Å². The molecular weight excluding hydrogens is 222 g/mol. The third-order valence-electron chi connectivity index (χ3n) is 4.52. The Morgan fingerprint density at radius 3 is 2.56 bits per heavy atom. The van der Waals surface area contributed by atoms with Crippen LogP contribution in [0.1, 0.15) is 50.9 Å². The lowest BCUT2D eigenvalue weighted by molar-refractivity contribution is 0.264. The molecule has 3 heteroatoms. The average Bonchev–Trinajstić information content (AvgIpc) is 2.56. The van der Waals surface area contributed by atoms with Crippen molar-refractivity contribution >= 4 is 5.69 Å². The highest BCUT2D eigenvalue weighted by Crippen LogP contribution is 2.32. The number of nitrogens with one attached hydrogen (secondary N) is 1. The van der Waals surface area contributed by atoms with Gasteiger partial charge in [0.05, 0.1) is 17.1 Å². The van der Waals surface area contributed by atoms with Crippen LogP contribution in [0.3, 0.4) is 0 Å². The number of anilines is 1. The van der Waals surface area contributed by atoms with Gasteiger partial charge >= 0.3 is 0 Å². The van der Waals surface area contributed by atoms with Crippen molar-refractivity contribution in [3.8, 4) is 0 Å². The molecule has 1 fully saturated rings. The van der Waals surface area contributed by atoms with E-state index < -0.39 is 0 Å². The summed E-state index contributed by atoms with van der Waals surface area (Å²) in [5.41, 5.74) is 3.63. The van der Waals surface area contributed by atoms with Crippen LogP contribution in [-0.2, 0) is 7.05 Å². The van der Waals surface area contributed by atoms with Gasteiger partial charge in [0.25, 0.3) is 0 Å². The fraction of sp³-hybridized carbons (Fsp3) is 0.800. The molecule has 1 aliphatic carbocycles. The van der Waals surface area contributed by atoms with Gasteiger partial charge in [-0.3, -0.25) is 4.68 Å². The summed E-state index contributed by atoms with van der Waals surface area (Å²) in [5.74, 6) is 1.69. The van der Waals surface area contributed by atoms with Gasteiger partial charge in [0.2, 0.25) is 0 Å². The third-order valence-corrected chi connectivity index (χ3v) is 4.52. The van der Waals surface area contributed by atoms with Gasteiger partial charge in [-0.1, -0.05) is 26.7 Å². The van der Waals surface area contributed by atoms with Crippen LogP contribution in [0.4, 0.5) is 5.69 Å². The Morgan fingerprint density at radius 2 is 2.00 bits per heavy atom. The lowest BCUT2D eigenvalue weighted by atomic mass is 9.79. The van der Waals surface area contributed by atoms with Gasteiger partial charge < -0.3 is 5.32 Å². The van der Waals surface area contributed by atoms with Gasteiger partial charge in [-0.15, -0.1) is 0 Å². The minimum Gasteiger partial charge on any atom is -0.379 e. The van der Waals surface area contributed by atoms with E-state index in [1.54, 1.807) is 0 Å². The molecule has 1 heterocycles. The molecular formula is C15H27N3. The van der Waals surface area contributed by atoms with E-state index in [-0.39, 0.29) is 0 Å². The smallest absolute Gasteiger partial charge is 0.0827 e. The van der Waals surface area contributed by atoms with Crippen LogP contribution < -0.4 is 5.32 Å². The van der Waals surface area contributed by atoms with E-state index in [0.717, 1.165) is 17.5 Å². The largest absolute Gasteiger partial charge is 0.379 e. The van der Waals surface area contributed by atoms with E-state index in [1.165, 1.54) is 37.1 Å². The van der Waals surface area contributed by atoms with Gasteiger partial charge in [-0.2, -0.15) is 5.10 Å². The number of aromatic nitrogens is 2. The Balaban J connectivity index is 2.05. The van der Waals surface area contributed by atoms with E-state index in [1.807, 2.05) is 11.7 Å². The lowest BCUT2D eigenvalue weighted by Gasteiger charge is -2.32. The van der Waals surface area contributed by atoms with E-state index in [9.17, 15) is 0 Å². The predicted octanol–water partition coefficient (Wildman–Crippen LogP) is 3.66. The van der Waals surface area contributed by atoms with Crippen molar-refractivity contribution in [2.45, 2.75) is 59.4 Å². The summed E-state index contributed by atoms with van der Waals surface area (Å²) in [7, 11) is 2.02. The lowest BCUT2D eigenvalue weighted by Crippen LogP contribution is -2.29. The number of aryl methyl sites for hydroxylation is 2. The van der Waals surface area contributed by atoms with Crippen molar-refractivity contribution in [2.24, 2.45) is 18.9 Å². The zero-order chi connectivity index (χ0) is 13.3. The number of hydrogen-bond acceptors (Lipinski definition) is 2. The molecule has 1 aliphatic rings. The van der Waals surface area contributed by atoms with E-state index >= 15 is 0 Å². The summed E-state index contributed by atoms with van der Waals surface area (Å²) in [6.45, 7) is 8.95. The van der Waals surface area contributed by atoms with Gasteiger partial charge in [0, 0.05) is 13.1 Å². The molecule has 18 heavy (non-hydrogen) atoms. The molecule has 1 saturated carbocycles. The fourth-order valence-electron chi connectivity index (χ4n) is 3.15. The van der Waals surface area contributed by atoms with Gasteiger partial charge in [-0.25, -0.2) is 0 Å². The Labute approximate surface area is 111 Å². The van der Waals surface area contributed by atoms with E-state index in [2.05, 4.69) is 38.1 Å². The molecule has 0 aliphatic heterocycles. The Bertz CT molecular complexity index is 406. The van der Waals surface area contributed by atoms with Crippen LogP contribution in [0, 0.1) is 25.7 Å². The van der Waals surface area contributed by atoms with Crippen molar-refractivity contribution < 1.29 is 0 Å². The monoisotopic (exact) mass is 249 g/mol. The Kier molecular flexibility index (Phi) is 3.98. The summed E-state index contributed by atoms with van der Waals surface area (Å²) in [6, 6.07) is 0.632. The van der Waals surface area contributed by atoms with Crippen molar-refractivity contribution in [1.29, 1.82) is 0 Å². The Hall–Kier alpha value is -0.990. The van der Waals surface area contributed by atoms with Crippen molar-refractivity contribution in [2.75, 3.05) is 5.32 Å². The number of rotatable bonds is 3. The van der Waals surface area contributed by atoms with E-state index in [4.69, 9.17) is 0 Å². The summed E-state index contributed by atoms with van der Waals surface area (Å²) in [4.78, 5) is 0. The Morgan fingerprint density at radius 1 is 1.28 bits per heavy atom. The van der Waals surface area contributed by atoms with Crippen molar-refractivity contribution in [1.82, 2.24) is 9.78 Å². The molecule has 1 aromatic heterocycles. The topological polar surface area (TPSA) is 29.9 Å². The molecule has 1 N–H and O–H groups in total. The standard InChI is InChI=1S/C15H27N3/c1-10(2)13-7-6-8-14(9-13)16-15-11(3)17-18(5)12(15)4/h10,13-14,16H,6-9H2,1-5H3. The van der Waals surface area contributed by atoms with Crippen LogP contribution in [0.25, 0.3) is 0 Å². The molecule has 2 unspecified atom stereocenters. The highest BCUT2D eigenvalue weighted by atomic mass is 15.3. The summed E-state index contributed by atoms with van der Waals surface area (Å²) in [6.07, 6.45) is 5.38. The molecule has 0 aromatic carbocycles. The summed E-state index contributed by atoms with van der Waals surface area (Å²) < 4.78 is 1.97. The van der Waals surface area contributed by atoms with Crippen LogP contribution in [0.15, 0.2) is 0 Å². The number of nitrogens with zero attached hydrogens (tertiary/aromatic N) is 2. The van der Waals surface area contributed by atoms with Gasteiger partial charge in [0.15, 0.2) is 0 Å². The zero-order valence-corrected chi connectivity index (χ0v) is 12.5. The summed E-state index contributed by atoms with van der Waals surface area (Å²) >= 11 is 0.